The topological polar surface area (TPSA) is 49.8 Å². The van der Waals surface area contributed by atoms with Crippen molar-refractivity contribution in [2.45, 2.75) is 26.3 Å². The molecule has 0 aliphatic rings. The second-order valence-corrected chi connectivity index (χ2v) is 3.45. The SMILES string of the molecule is CCCNC(=O)CCn1cc[nH]c1=S. The van der Waals surface area contributed by atoms with E-state index in [-0.39, 0.29) is 5.91 Å². The van der Waals surface area contributed by atoms with Crippen LogP contribution in [0.1, 0.15) is 19.8 Å². The maximum absolute atomic E-state index is 11.2. The van der Waals surface area contributed by atoms with Crippen LogP contribution in [0.4, 0.5) is 0 Å². The number of nitrogens with one attached hydrogen (secondary N) is 2. The summed E-state index contributed by atoms with van der Waals surface area (Å²) in [6.45, 7) is 3.41. The highest BCUT2D eigenvalue weighted by molar-refractivity contribution is 7.71. The first-order valence-corrected chi connectivity index (χ1v) is 5.15. The summed E-state index contributed by atoms with van der Waals surface area (Å²) in [4.78, 5) is 14.1. The summed E-state index contributed by atoms with van der Waals surface area (Å²) in [5.41, 5.74) is 0. The summed E-state index contributed by atoms with van der Waals surface area (Å²) in [7, 11) is 0. The van der Waals surface area contributed by atoms with Gasteiger partial charge in [0.2, 0.25) is 5.91 Å². The average Bonchev–Trinajstić information content (AvgIpc) is 2.58. The summed E-state index contributed by atoms with van der Waals surface area (Å²) < 4.78 is 2.51. The third-order valence-corrected chi connectivity index (χ3v) is 2.23. The number of rotatable bonds is 5. The van der Waals surface area contributed by atoms with E-state index in [1.165, 1.54) is 0 Å². The molecule has 5 heteroatoms. The lowest BCUT2D eigenvalue weighted by atomic mass is 10.4. The van der Waals surface area contributed by atoms with Crippen LogP contribution in [0.15, 0.2) is 12.4 Å². The quantitative estimate of drug-likeness (QED) is 0.728. The molecule has 0 radical (unpaired) electrons. The molecule has 0 saturated carbocycles. The number of H-pyrrole nitrogens is 1. The molecule has 0 spiro atoms. The van der Waals surface area contributed by atoms with Crippen LogP contribution in [-0.4, -0.2) is 22.0 Å². The highest BCUT2D eigenvalue weighted by Crippen LogP contribution is 1.93. The fraction of sp³-hybridized carbons (Fsp3) is 0.556. The molecule has 78 valence electrons. The Morgan fingerprint density at radius 3 is 3.07 bits per heavy atom. The molecule has 1 rings (SSSR count). The zero-order valence-corrected chi connectivity index (χ0v) is 9.06. The fourth-order valence-electron chi connectivity index (χ4n) is 1.10. The van der Waals surface area contributed by atoms with Gasteiger partial charge in [0, 0.05) is 31.9 Å². The molecule has 2 N–H and O–H groups in total. The molecule has 0 aromatic carbocycles. The third-order valence-electron chi connectivity index (χ3n) is 1.87. The molecule has 0 unspecified atom stereocenters. The molecule has 14 heavy (non-hydrogen) atoms. The van der Waals surface area contributed by atoms with Gasteiger partial charge in [0.25, 0.3) is 0 Å². The van der Waals surface area contributed by atoms with Crippen molar-refractivity contribution in [2.24, 2.45) is 0 Å². The molecule has 0 aliphatic heterocycles. The van der Waals surface area contributed by atoms with Gasteiger partial charge in [-0.1, -0.05) is 6.92 Å². The van der Waals surface area contributed by atoms with Crippen molar-refractivity contribution in [1.29, 1.82) is 0 Å². The van der Waals surface area contributed by atoms with E-state index < -0.39 is 0 Å². The van der Waals surface area contributed by atoms with E-state index in [0.29, 0.717) is 17.7 Å². The van der Waals surface area contributed by atoms with Gasteiger partial charge in [-0.15, -0.1) is 0 Å². The lowest BCUT2D eigenvalue weighted by molar-refractivity contribution is -0.121. The predicted molar refractivity (Wildman–Crippen MR) is 57.5 cm³/mol. The third kappa shape index (κ3) is 3.33. The number of aryl methyl sites for hydroxylation is 1. The summed E-state index contributed by atoms with van der Waals surface area (Å²) in [5.74, 6) is 0.0787. The van der Waals surface area contributed by atoms with Gasteiger partial charge < -0.3 is 14.9 Å². The van der Waals surface area contributed by atoms with Crippen molar-refractivity contribution in [2.75, 3.05) is 6.54 Å². The number of amides is 1. The van der Waals surface area contributed by atoms with Crippen LogP contribution in [0.3, 0.4) is 0 Å². The van der Waals surface area contributed by atoms with Crippen LogP contribution in [0.2, 0.25) is 0 Å². The molecular weight excluding hydrogens is 198 g/mol. The van der Waals surface area contributed by atoms with Crippen LogP contribution in [0.5, 0.6) is 0 Å². The number of aromatic amines is 1. The highest BCUT2D eigenvalue weighted by Gasteiger charge is 2.00. The smallest absolute Gasteiger partial charge is 0.221 e. The van der Waals surface area contributed by atoms with Gasteiger partial charge in [0.05, 0.1) is 0 Å². The van der Waals surface area contributed by atoms with E-state index in [4.69, 9.17) is 12.2 Å². The Kier molecular flexibility index (Phi) is 4.39. The van der Waals surface area contributed by atoms with E-state index in [1.54, 1.807) is 6.20 Å². The Morgan fingerprint density at radius 1 is 1.71 bits per heavy atom. The number of carbonyl (C=O) groups excluding carboxylic acids is 1. The molecular formula is C9H15N3OS. The van der Waals surface area contributed by atoms with Gasteiger partial charge in [0.1, 0.15) is 0 Å². The first kappa shape index (κ1) is 11.0. The number of imidazole rings is 1. The van der Waals surface area contributed by atoms with Gasteiger partial charge >= 0.3 is 0 Å². The van der Waals surface area contributed by atoms with Crippen LogP contribution in [-0.2, 0) is 11.3 Å². The minimum atomic E-state index is 0.0787. The molecule has 0 bridgehead atoms. The van der Waals surface area contributed by atoms with Gasteiger partial charge in [-0.3, -0.25) is 4.79 Å². The molecule has 0 atom stereocenters. The minimum absolute atomic E-state index is 0.0787. The highest BCUT2D eigenvalue weighted by atomic mass is 32.1. The van der Waals surface area contributed by atoms with Crippen molar-refractivity contribution in [1.82, 2.24) is 14.9 Å². The molecule has 0 saturated heterocycles. The normalized spacial score (nSPS) is 10.1. The van der Waals surface area contributed by atoms with Crippen LogP contribution < -0.4 is 5.32 Å². The molecule has 1 aromatic heterocycles. The second-order valence-electron chi connectivity index (χ2n) is 3.06. The summed E-state index contributed by atoms with van der Waals surface area (Å²) in [6, 6.07) is 0. The Balaban J connectivity index is 2.31. The number of carbonyl (C=O) groups is 1. The molecule has 1 heterocycles. The Labute approximate surface area is 88.3 Å². The van der Waals surface area contributed by atoms with E-state index in [9.17, 15) is 4.79 Å². The molecule has 1 aromatic rings. The van der Waals surface area contributed by atoms with E-state index in [0.717, 1.165) is 13.0 Å². The Hall–Kier alpha value is -1.10. The lowest BCUT2D eigenvalue weighted by Crippen LogP contribution is -2.24. The van der Waals surface area contributed by atoms with Gasteiger partial charge in [0.15, 0.2) is 4.77 Å². The number of hydrogen-bond acceptors (Lipinski definition) is 2. The van der Waals surface area contributed by atoms with Crippen LogP contribution in [0, 0.1) is 4.77 Å². The van der Waals surface area contributed by atoms with Crippen LogP contribution >= 0.6 is 12.2 Å². The van der Waals surface area contributed by atoms with Gasteiger partial charge in [-0.2, -0.15) is 0 Å². The number of nitrogens with zero attached hydrogens (tertiary/aromatic N) is 1. The molecule has 0 fully saturated rings. The van der Waals surface area contributed by atoms with Crippen molar-refractivity contribution in [3.8, 4) is 0 Å². The Bertz CT molecular complexity index is 342. The number of hydrogen-bond donors (Lipinski definition) is 2. The lowest BCUT2D eigenvalue weighted by Gasteiger charge is -2.03. The largest absolute Gasteiger partial charge is 0.356 e. The first-order valence-electron chi connectivity index (χ1n) is 4.74. The van der Waals surface area contributed by atoms with Crippen LogP contribution in [0.25, 0.3) is 0 Å². The van der Waals surface area contributed by atoms with Crippen molar-refractivity contribution >= 4 is 18.1 Å². The van der Waals surface area contributed by atoms with Gasteiger partial charge in [-0.05, 0) is 18.6 Å². The monoisotopic (exact) mass is 213 g/mol. The maximum Gasteiger partial charge on any atom is 0.221 e. The Morgan fingerprint density at radius 2 is 2.50 bits per heavy atom. The molecule has 0 aliphatic carbocycles. The average molecular weight is 213 g/mol. The zero-order chi connectivity index (χ0) is 10.4. The fourth-order valence-corrected chi connectivity index (χ4v) is 1.32. The number of aromatic nitrogens is 2. The standard InChI is InChI=1S/C9H15N3OS/c1-2-4-10-8(13)3-6-12-7-5-11-9(12)14/h5,7H,2-4,6H2,1H3,(H,10,13)(H,11,14). The predicted octanol–water partition coefficient (Wildman–Crippen LogP) is 1.46. The van der Waals surface area contributed by atoms with Crippen molar-refractivity contribution in [3.05, 3.63) is 17.2 Å². The molecule has 4 nitrogen and oxygen atoms in total. The zero-order valence-electron chi connectivity index (χ0n) is 8.25. The summed E-state index contributed by atoms with van der Waals surface area (Å²) >= 11 is 5.00. The summed E-state index contributed by atoms with van der Waals surface area (Å²) in [5, 5.41) is 2.82. The van der Waals surface area contributed by atoms with Gasteiger partial charge in [-0.25, -0.2) is 0 Å². The molecule has 1 amide bonds. The summed E-state index contributed by atoms with van der Waals surface area (Å²) in [6.07, 6.45) is 5.06. The van der Waals surface area contributed by atoms with Crippen molar-refractivity contribution < 1.29 is 4.79 Å². The van der Waals surface area contributed by atoms with E-state index in [2.05, 4.69) is 10.3 Å². The second kappa shape index (κ2) is 5.59. The van der Waals surface area contributed by atoms with E-state index in [1.807, 2.05) is 17.7 Å². The first-order chi connectivity index (χ1) is 6.74. The van der Waals surface area contributed by atoms with Crippen molar-refractivity contribution in [3.63, 3.8) is 0 Å². The van der Waals surface area contributed by atoms with E-state index >= 15 is 0 Å². The maximum atomic E-state index is 11.2. The minimum Gasteiger partial charge on any atom is -0.356 e.